The molecule has 0 N–H and O–H groups in total. The van der Waals surface area contributed by atoms with Gasteiger partial charge in [0.2, 0.25) is 5.95 Å². The standard InChI is InChI=1S/C21H26ClN5O2/c1-3-11-26-18-17(24(2)20(23-18)25-12-5-4-6-13-25)19(28)27(21(26)29)14-15-7-9-16(22)10-8-15/h7-10H,3-6,11-14H2,1-2H3. The maximum Gasteiger partial charge on any atom is 0.333 e. The average Bonchev–Trinajstić information content (AvgIpc) is 3.08. The van der Waals surface area contributed by atoms with Crippen LogP contribution in [0.4, 0.5) is 5.95 Å². The van der Waals surface area contributed by atoms with Crippen LogP contribution < -0.4 is 16.1 Å². The third-order valence-corrected chi connectivity index (χ3v) is 5.81. The van der Waals surface area contributed by atoms with Crippen molar-refractivity contribution in [3.05, 3.63) is 55.7 Å². The topological polar surface area (TPSA) is 65.1 Å². The molecule has 3 aromatic rings. The van der Waals surface area contributed by atoms with Crippen LogP contribution in [0.25, 0.3) is 11.2 Å². The number of piperidine rings is 1. The molecule has 0 spiro atoms. The Hall–Kier alpha value is -2.54. The summed E-state index contributed by atoms with van der Waals surface area (Å²) in [5.41, 5.74) is 1.20. The molecule has 0 atom stereocenters. The molecule has 0 bridgehead atoms. The van der Waals surface area contributed by atoms with Crippen LogP contribution in [0.3, 0.4) is 0 Å². The molecule has 1 aliphatic heterocycles. The zero-order valence-electron chi connectivity index (χ0n) is 16.9. The zero-order valence-corrected chi connectivity index (χ0v) is 17.7. The molecule has 7 nitrogen and oxygen atoms in total. The molecule has 1 aromatic carbocycles. The van der Waals surface area contributed by atoms with Crippen molar-refractivity contribution in [3.63, 3.8) is 0 Å². The highest BCUT2D eigenvalue weighted by molar-refractivity contribution is 6.30. The van der Waals surface area contributed by atoms with E-state index in [-0.39, 0.29) is 17.8 Å². The zero-order chi connectivity index (χ0) is 20.5. The van der Waals surface area contributed by atoms with Crippen molar-refractivity contribution in [2.75, 3.05) is 18.0 Å². The highest BCUT2D eigenvalue weighted by Gasteiger charge is 2.23. The van der Waals surface area contributed by atoms with Crippen LogP contribution in [0.1, 0.15) is 38.2 Å². The second-order valence-corrected chi connectivity index (χ2v) is 8.08. The number of halogens is 1. The van der Waals surface area contributed by atoms with Crippen molar-refractivity contribution < 1.29 is 0 Å². The van der Waals surface area contributed by atoms with Gasteiger partial charge in [-0.3, -0.25) is 13.9 Å². The van der Waals surface area contributed by atoms with Gasteiger partial charge in [0.15, 0.2) is 11.2 Å². The van der Waals surface area contributed by atoms with Crippen molar-refractivity contribution in [2.45, 2.75) is 45.7 Å². The SMILES string of the molecule is CCCn1c(=O)n(Cc2ccc(Cl)cc2)c(=O)c2c1nc(N1CCCCC1)n2C. The Morgan fingerprint density at radius 3 is 2.38 bits per heavy atom. The monoisotopic (exact) mass is 415 g/mol. The van der Waals surface area contributed by atoms with Crippen LogP contribution in [-0.2, 0) is 20.1 Å². The van der Waals surface area contributed by atoms with E-state index in [4.69, 9.17) is 16.6 Å². The summed E-state index contributed by atoms with van der Waals surface area (Å²) in [6, 6.07) is 7.21. The summed E-state index contributed by atoms with van der Waals surface area (Å²) in [5, 5.41) is 0.623. The summed E-state index contributed by atoms with van der Waals surface area (Å²) < 4.78 is 4.80. The van der Waals surface area contributed by atoms with Gasteiger partial charge in [-0.05, 0) is 43.4 Å². The number of imidazole rings is 1. The number of aryl methyl sites for hydroxylation is 2. The molecular formula is C21H26ClN5O2. The predicted octanol–water partition coefficient (Wildman–Crippen LogP) is 3.00. The minimum atomic E-state index is -0.317. The fraction of sp³-hybridized carbons (Fsp3) is 0.476. The van der Waals surface area contributed by atoms with Crippen LogP contribution in [0.5, 0.6) is 0 Å². The Morgan fingerprint density at radius 2 is 1.72 bits per heavy atom. The molecule has 1 saturated heterocycles. The minimum Gasteiger partial charge on any atom is -0.342 e. The number of fused-ring (bicyclic) bond motifs is 1. The lowest BCUT2D eigenvalue weighted by Gasteiger charge is -2.27. The number of anilines is 1. The first kappa shape index (κ1) is 19.8. The lowest BCUT2D eigenvalue weighted by Crippen LogP contribution is -2.40. The number of aromatic nitrogens is 4. The maximum atomic E-state index is 13.3. The summed E-state index contributed by atoms with van der Waals surface area (Å²) in [4.78, 5) is 33.5. The van der Waals surface area contributed by atoms with Gasteiger partial charge in [-0.2, -0.15) is 4.98 Å². The van der Waals surface area contributed by atoms with Crippen LogP contribution in [0, 0.1) is 0 Å². The number of hydrogen-bond acceptors (Lipinski definition) is 4. The lowest BCUT2D eigenvalue weighted by molar-refractivity contribution is 0.563. The Morgan fingerprint density at radius 1 is 1.03 bits per heavy atom. The smallest absolute Gasteiger partial charge is 0.333 e. The molecule has 154 valence electrons. The summed E-state index contributed by atoms with van der Waals surface area (Å²) in [7, 11) is 1.87. The van der Waals surface area contributed by atoms with Crippen LogP contribution in [0.2, 0.25) is 5.02 Å². The van der Waals surface area contributed by atoms with E-state index in [0.29, 0.717) is 22.7 Å². The molecule has 2 aromatic heterocycles. The largest absolute Gasteiger partial charge is 0.342 e. The summed E-state index contributed by atoms with van der Waals surface area (Å²) in [6.07, 6.45) is 4.23. The van der Waals surface area contributed by atoms with E-state index < -0.39 is 0 Å². The second-order valence-electron chi connectivity index (χ2n) is 7.64. The Bertz CT molecular complexity index is 1140. The van der Waals surface area contributed by atoms with Crippen molar-refractivity contribution in [1.82, 2.24) is 18.7 Å². The van der Waals surface area contributed by atoms with E-state index in [1.165, 1.54) is 11.0 Å². The number of nitrogens with zero attached hydrogens (tertiary/aromatic N) is 5. The molecule has 0 amide bonds. The first-order chi connectivity index (χ1) is 14.0. The molecule has 1 fully saturated rings. The molecule has 1 aliphatic rings. The molecule has 0 saturated carbocycles. The molecule has 29 heavy (non-hydrogen) atoms. The van der Waals surface area contributed by atoms with Crippen molar-refractivity contribution in [3.8, 4) is 0 Å². The van der Waals surface area contributed by atoms with E-state index in [1.54, 1.807) is 16.7 Å². The molecule has 8 heteroatoms. The fourth-order valence-electron chi connectivity index (χ4n) is 4.06. The van der Waals surface area contributed by atoms with Crippen LogP contribution >= 0.6 is 11.6 Å². The maximum absolute atomic E-state index is 13.3. The van der Waals surface area contributed by atoms with E-state index in [2.05, 4.69) is 4.90 Å². The Labute approximate surface area is 174 Å². The van der Waals surface area contributed by atoms with Gasteiger partial charge in [0.05, 0.1) is 6.54 Å². The third kappa shape index (κ3) is 3.59. The normalized spacial score (nSPS) is 14.7. The molecule has 0 unspecified atom stereocenters. The van der Waals surface area contributed by atoms with Gasteiger partial charge in [-0.1, -0.05) is 30.7 Å². The quantitative estimate of drug-likeness (QED) is 0.642. The van der Waals surface area contributed by atoms with E-state index in [9.17, 15) is 9.59 Å². The third-order valence-electron chi connectivity index (χ3n) is 5.56. The second kappa shape index (κ2) is 8.06. The van der Waals surface area contributed by atoms with Gasteiger partial charge < -0.3 is 9.47 Å². The first-order valence-electron chi connectivity index (χ1n) is 10.2. The molecule has 4 rings (SSSR count). The molecule has 0 aliphatic carbocycles. The average molecular weight is 416 g/mol. The van der Waals surface area contributed by atoms with Gasteiger partial charge in [0.25, 0.3) is 5.56 Å². The van der Waals surface area contributed by atoms with Gasteiger partial charge >= 0.3 is 5.69 Å². The van der Waals surface area contributed by atoms with Gasteiger partial charge in [-0.25, -0.2) is 4.79 Å². The van der Waals surface area contributed by atoms with Gasteiger partial charge in [-0.15, -0.1) is 0 Å². The fourth-order valence-corrected chi connectivity index (χ4v) is 4.19. The Kier molecular flexibility index (Phi) is 5.50. The van der Waals surface area contributed by atoms with Gasteiger partial charge in [0, 0.05) is 31.7 Å². The van der Waals surface area contributed by atoms with Crippen LogP contribution in [-0.4, -0.2) is 31.8 Å². The highest BCUT2D eigenvalue weighted by atomic mass is 35.5. The van der Waals surface area contributed by atoms with E-state index in [1.807, 2.05) is 30.7 Å². The van der Waals surface area contributed by atoms with Crippen LogP contribution in [0.15, 0.2) is 33.9 Å². The van der Waals surface area contributed by atoms with Gasteiger partial charge in [0.1, 0.15) is 0 Å². The molecule has 0 radical (unpaired) electrons. The molecule has 3 heterocycles. The van der Waals surface area contributed by atoms with E-state index in [0.717, 1.165) is 43.9 Å². The first-order valence-corrected chi connectivity index (χ1v) is 10.6. The lowest BCUT2D eigenvalue weighted by atomic mass is 10.1. The minimum absolute atomic E-state index is 0.207. The van der Waals surface area contributed by atoms with E-state index >= 15 is 0 Å². The highest BCUT2D eigenvalue weighted by Crippen LogP contribution is 2.22. The number of hydrogen-bond donors (Lipinski definition) is 0. The predicted molar refractivity (Wildman–Crippen MR) is 116 cm³/mol. The van der Waals surface area contributed by atoms with Crippen molar-refractivity contribution in [1.29, 1.82) is 0 Å². The summed E-state index contributed by atoms with van der Waals surface area (Å²) in [5.74, 6) is 0.769. The summed E-state index contributed by atoms with van der Waals surface area (Å²) in [6.45, 7) is 4.59. The number of rotatable bonds is 5. The van der Waals surface area contributed by atoms with Crippen molar-refractivity contribution in [2.24, 2.45) is 7.05 Å². The summed E-state index contributed by atoms with van der Waals surface area (Å²) >= 11 is 5.97. The van der Waals surface area contributed by atoms with Crippen molar-refractivity contribution >= 4 is 28.7 Å². The Balaban J connectivity index is 1.90. The number of benzene rings is 1. The molecular weight excluding hydrogens is 390 g/mol.